The maximum absolute atomic E-state index is 11.7. The molecule has 0 aliphatic carbocycles. The second kappa shape index (κ2) is 5.54. The highest BCUT2D eigenvalue weighted by Crippen LogP contribution is 2.31. The van der Waals surface area contributed by atoms with E-state index in [2.05, 4.69) is 4.37 Å². The van der Waals surface area contributed by atoms with E-state index < -0.39 is 16.0 Å². The average molecular weight is 320 g/mol. The molecule has 0 radical (unpaired) electrons. The average Bonchev–Trinajstić information content (AvgIpc) is 2.79. The number of nitrogens with two attached hydrogens (primary N) is 1. The summed E-state index contributed by atoms with van der Waals surface area (Å²) in [4.78, 5) is 13.6. The number of esters is 1. The molecule has 0 bridgehead atoms. The normalized spacial score (nSPS) is 17.2. The summed E-state index contributed by atoms with van der Waals surface area (Å²) in [6.07, 6.45) is 1.19. The van der Waals surface area contributed by atoms with E-state index in [1.807, 2.05) is 4.90 Å². The number of nitrogens with zero attached hydrogens (tertiary/aromatic N) is 3. The molecule has 2 N–H and O–H groups in total. The monoisotopic (exact) mass is 320 g/mol. The van der Waals surface area contributed by atoms with Gasteiger partial charge in [0.1, 0.15) is 10.6 Å². The van der Waals surface area contributed by atoms with Gasteiger partial charge in [0.05, 0.1) is 13.4 Å². The number of hydrogen-bond acceptors (Lipinski definition) is 8. The van der Waals surface area contributed by atoms with Crippen molar-refractivity contribution >= 4 is 38.3 Å². The number of rotatable bonds is 3. The van der Waals surface area contributed by atoms with Crippen LogP contribution in [0.25, 0.3) is 0 Å². The molecule has 0 saturated carbocycles. The van der Waals surface area contributed by atoms with Gasteiger partial charge in [-0.1, -0.05) is 0 Å². The predicted molar refractivity (Wildman–Crippen MR) is 76.5 cm³/mol. The molecule has 10 heteroatoms. The van der Waals surface area contributed by atoms with Gasteiger partial charge in [-0.3, -0.25) is 0 Å². The van der Waals surface area contributed by atoms with E-state index in [1.165, 1.54) is 17.7 Å². The van der Waals surface area contributed by atoms with Crippen LogP contribution in [0.3, 0.4) is 0 Å². The molecule has 1 aliphatic rings. The number of hydrogen-bond donors (Lipinski definition) is 1. The van der Waals surface area contributed by atoms with E-state index in [4.69, 9.17) is 10.5 Å². The van der Waals surface area contributed by atoms with Crippen molar-refractivity contribution in [2.24, 2.45) is 0 Å². The van der Waals surface area contributed by atoms with E-state index in [0.29, 0.717) is 31.2 Å². The van der Waals surface area contributed by atoms with Crippen LogP contribution in [0.15, 0.2) is 0 Å². The number of anilines is 2. The second-order valence-corrected chi connectivity index (χ2v) is 7.12. The summed E-state index contributed by atoms with van der Waals surface area (Å²) in [5, 5.41) is 0.627. The van der Waals surface area contributed by atoms with Gasteiger partial charge in [-0.15, -0.1) is 0 Å². The number of aromatic nitrogens is 1. The Labute approximate surface area is 121 Å². The smallest absolute Gasteiger partial charge is 0.344 e. The zero-order valence-electron chi connectivity index (χ0n) is 11.2. The van der Waals surface area contributed by atoms with Gasteiger partial charge in [0.15, 0.2) is 5.82 Å². The molecule has 20 heavy (non-hydrogen) atoms. The van der Waals surface area contributed by atoms with Crippen LogP contribution >= 0.6 is 11.5 Å². The number of ether oxygens (including phenoxy) is 1. The Kier molecular flexibility index (Phi) is 4.16. The minimum atomic E-state index is -3.18. The van der Waals surface area contributed by atoms with E-state index in [-0.39, 0.29) is 11.4 Å². The maximum atomic E-state index is 11.7. The molecule has 1 saturated heterocycles. The van der Waals surface area contributed by atoms with Crippen LogP contribution < -0.4 is 10.6 Å². The fourth-order valence-corrected chi connectivity index (χ4v) is 3.71. The molecule has 1 aromatic heterocycles. The molecule has 1 fully saturated rings. The van der Waals surface area contributed by atoms with Crippen molar-refractivity contribution in [3.05, 3.63) is 5.56 Å². The van der Waals surface area contributed by atoms with Crippen molar-refractivity contribution in [3.8, 4) is 0 Å². The molecule has 0 atom stereocenters. The van der Waals surface area contributed by atoms with Crippen molar-refractivity contribution in [1.29, 1.82) is 0 Å². The lowest BCUT2D eigenvalue weighted by Gasteiger charge is -2.33. The van der Waals surface area contributed by atoms with Gasteiger partial charge in [0.2, 0.25) is 10.0 Å². The summed E-state index contributed by atoms with van der Waals surface area (Å²) in [5.74, 6) is -0.390. The zero-order valence-corrected chi connectivity index (χ0v) is 12.8. The van der Waals surface area contributed by atoms with Crippen LogP contribution in [-0.2, 0) is 14.8 Å². The van der Waals surface area contributed by atoms with Crippen LogP contribution in [0.5, 0.6) is 0 Å². The molecule has 0 amide bonds. The summed E-state index contributed by atoms with van der Waals surface area (Å²) >= 11 is 1.12. The number of carbonyl (C=O) groups excluding carboxylic acids is 1. The Balaban J connectivity index is 2.18. The summed E-state index contributed by atoms with van der Waals surface area (Å²) < 4.78 is 33.0. The third-order valence-electron chi connectivity index (χ3n) is 3.08. The van der Waals surface area contributed by atoms with Gasteiger partial charge in [-0.05, 0) is 11.5 Å². The van der Waals surface area contributed by atoms with Crippen LogP contribution in [0.4, 0.5) is 10.8 Å². The summed E-state index contributed by atoms with van der Waals surface area (Å²) in [6.45, 7) is 1.71. The van der Waals surface area contributed by atoms with E-state index in [9.17, 15) is 13.2 Å². The van der Waals surface area contributed by atoms with Crippen molar-refractivity contribution in [1.82, 2.24) is 8.68 Å². The van der Waals surface area contributed by atoms with Crippen LogP contribution in [-0.4, -0.2) is 62.6 Å². The lowest BCUT2D eigenvalue weighted by atomic mass is 10.2. The van der Waals surface area contributed by atoms with Gasteiger partial charge in [-0.2, -0.15) is 8.68 Å². The number of sulfonamides is 1. The Bertz CT molecular complexity index is 605. The number of methoxy groups -OCH3 is 1. The minimum absolute atomic E-state index is 0.141. The van der Waals surface area contributed by atoms with Gasteiger partial charge in [0, 0.05) is 26.2 Å². The highest BCUT2D eigenvalue weighted by molar-refractivity contribution is 7.88. The summed E-state index contributed by atoms with van der Waals surface area (Å²) in [7, 11) is -1.90. The molecule has 1 aromatic rings. The van der Waals surface area contributed by atoms with Gasteiger partial charge in [0.25, 0.3) is 0 Å². The Hall–Kier alpha value is -1.39. The third kappa shape index (κ3) is 2.86. The quantitative estimate of drug-likeness (QED) is 0.755. The summed E-state index contributed by atoms with van der Waals surface area (Å²) in [5.41, 5.74) is 5.94. The molecule has 0 unspecified atom stereocenters. The van der Waals surface area contributed by atoms with E-state index in [0.717, 1.165) is 11.5 Å². The molecule has 1 aliphatic heterocycles. The zero-order chi connectivity index (χ0) is 14.9. The first-order valence-corrected chi connectivity index (χ1v) is 8.50. The molecule has 8 nitrogen and oxygen atoms in total. The molecule has 2 rings (SSSR count). The molecule has 2 heterocycles. The van der Waals surface area contributed by atoms with E-state index in [1.54, 1.807) is 0 Å². The molecule has 0 spiro atoms. The second-order valence-electron chi connectivity index (χ2n) is 4.39. The van der Waals surface area contributed by atoms with Crippen molar-refractivity contribution in [2.45, 2.75) is 0 Å². The number of piperazine rings is 1. The minimum Gasteiger partial charge on any atom is -0.465 e. The van der Waals surface area contributed by atoms with Gasteiger partial charge in [-0.25, -0.2) is 13.2 Å². The first-order chi connectivity index (χ1) is 9.34. The van der Waals surface area contributed by atoms with Crippen molar-refractivity contribution in [2.75, 3.05) is 50.2 Å². The highest BCUT2D eigenvalue weighted by Gasteiger charge is 2.29. The first-order valence-electron chi connectivity index (χ1n) is 5.88. The van der Waals surface area contributed by atoms with Gasteiger partial charge < -0.3 is 15.4 Å². The highest BCUT2D eigenvalue weighted by atomic mass is 32.2. The summed E-state index contributed by atoms with van der Waals surface area (Å²) in [6, 6.07) is 0. The Morgan fingerprint density at radius 2 is 1.95 bits per heavy atom. The first kappa shape index (κ1) is 15.0. The molecule has 112 valence electrons. The lowest BCUT2D eigenvalue weighted by molar-refractivity contribution is 0.0603. The Morgan fingerprint density at radius 3 is 2.45 bits per heavy atom. The van der Waals surface area contributed by atoms with Crippen LogP contribution in [0.1, 0.15) is 10.4 Å². The predicted octanol–water partition coefficient (Wildman–Crippen LogP) is -0.406. The fraction of sp³-hybridized carbons (Fsp3) is 0.600. The topological polar surface area (TPSA) is 106 Å². The third-order valence-corrected chi connectivity index (χ3v) is 5.31. The van der Waals surface area contributed by atoms with Crippen molar-refractivity contribution in [3.63, 3.8) is 0 Å². The molecular formula is C10H16N4O4S2. The fourth-order valence-electron chi connectivity index (χ4n) is 2.03. The maximum Gasteiger partial charge on any atom is 0.344 e. The van der Waals surface area contributed by atoms with Gasteiger partial charge >= 0.3 is 5.97 Å². The Morgan fingerprint density at radius 1 is 1.35 bits per heavy atom. The largest absolute Gasteiger partial charge is 0.465 e. The molecular weight excluding hydrogens is 304 g/mol. The SMILES string of the molecule is COC(=O)c1c(N)nsc1N1CCN(S(C)(=O)=O)CC1. The number of nitrogen functional groups attached to an aromatic ring is 1. The van der Waals surface area contributed by atoms with Crippen molar-refractivity contribution < 1.29 is 17.9 Å². The van der Waals surface area contributed by atoms with Crippen LogP contribution in [0.2, 0.25) is 0 Å². The van der Waals surface area contributed by atoms with E-state index >= 15 is 0 Å². The van der Waals surface area contributed by atoms with Crippen LogP contribution in [0, 0.1) is 0 Å². The molecule has 0 aromatic carbocycles. The lowest BCUT2D eigenvalue weighted by Crippen LogP contribution is -2.48. The standard InChI is InChI=1S/C10H16N4O4S2/c1-18-10(15)7-8(11)12-19-9(7)13-3-5-14(6-4-13)20(2,16)17/h3-6H2,1-2H3,(H2,11,12). The number of carbonyl (C=O) groups is 1.